The maximum atomic E-state index is 13.2. The molecule has 0 radical (unpaired) electrons. The van der Waals surface area contributed by atoms with E-state index in [0.717, 1.165) is 45.8 Å². The molecule has 0 heterocycles. The summed E-state index contributed by atoms with van der Waals surface area (Å²) in [6.45, 7) is 16.5. The monoisotopic (exact) mass is 596 g/mol. The van der Waals surface area contributed by atoms with E-state index in [2.05, 4.69) is 32.0 Å². The van der Waals surface area contributed by atoms with Gasteiger partial charge in [0.15, 0.2) is 5.78 Å². The third kappa shape index (κ3) is 11.4. The number of carbonyl (C=O) groups excluding carboxylic acids is 2. The van der Waals surface area contributed by atoms with E-state index in [1.54, 1.807) is 0 Å². The van der Waals surface area contributed by atoms with Gasteiger partial charge in [0.25, 0.3) is 0 Å². The molecule has 1 aliphatic carbocycles. The van der Waals surface area contributed by atoms with Crippen LogP contribution < -0.4 is 4.74 Å². The van der Waals surface area contributed by atoms with Crippen molar-refractivity contribution in [2.45, 2.75) is 66.9 Å². The highest BCUT2D eigenvalue weighted by Crippen LogP contribution is 2.42. The Balaban J connectivity index is 1.42. The molecule has 0 spiro atoms. The van der Waals surface area contributed by atoms with Gasteiger partial charge < -0.3 is 28.4 Å². The van der Waals surface area contributed by atoms with Gasteiger partial charge in [-0.2, -0.15) is 0 Å². The molecule has 0 N–H and O–H groups in total. The molecular weight excluding hydrogens is 548 g/mol. The summed E-state index contributed by atoms with van der Waals surface area (Å²) in [5, 5.41) is 0. The Morgan fingerprint density at radius 3 is 2.05 bits per heavy atom. The zero-order valence-electron chi connectivity index (χ0n) is 26.9. The number of hydrogen-bond donors (Lipinski definition) is 0. The van der Waals surface area contributed by atoms with Crippen LogP contribution in [0.2, 0.25) is 0 Å². The predicted octanol–water partition coefficient (Wildman–Crippen LogP) is 6.57. The highest BCUT2D eigenvalue weighted by Gasteiger charge is 2.35. The molecule has 0 unspecified atom stereocenters. The third-order valence-electron chi connectivity index (χ3n) is 6.73. The Morgan fingerprint density at radius 1 is 0.814 bits per heavy atom. The topological polar surface area (TPSA) is 89.5 Å². The maximum absolute atomic E-state index is 13.2. The number of aryl methyl sites for hydroxylation is 1. The molecule has 0 amide bonds. The molecule has 0 aromatic heterocycles. The number of esters is 1. The molecule has 2 aromatic carbocycles. The van der Waals surface area contributed by atoms with Crippen LogP contribution in [0, 0.1) is 12.3 Å². The van der Waals surface area contributed by atoms with Crippen LogP contribution in [0.5, 0.6) is 5.75 Å². The number of ketones is 1. The summed E-state index contributed by atoms with van der Waals surface area (Å²) in [4.78, 5) is 24.8. The quantitative estimate of drug-likeness (QED) is 0.159. The van der Waals surface area contributed by atoms with Gasteiger partial charge in [0.2, 0.25) is 0 Å². The maximum Gasteiger partial charge on any atom is 0.332 e. The van der Waals surface area contributed by atoms with Crippen molar-refractivity contribution in [3.63, 3.8) is 0 Å². The fourth-order valence-electron chi connectivity index (χ4n) is 4.86. The van der Waals surface area contributed by atoms with Crippen LogP contribution in [0.1, 0.15) is 65.5 Å². The molecule has 3 rings (SSSR count). The Bertz CT molecular complexity index is 1240. The van der Waals surface area contributed by atoms with Crippen LogP contribution in [0.25, 0.3) is 16.7 Å². The SMILES string of the molecule is CCOC1=C(c2cc(-c3ccc(OCCOCCOCCOCC(=O)OC(C)(C)C)cc3)ccc2C)C(=O)CC(C)(C)C1. The lowest BCUT2D eigenvalue weighted by Crippen LogP contribution is -2.27. The average molecular weight is 597 g/mol. The summed E-state index contributed by atoms with van der Waals surface area (Å²) < 4.78 is 33.3. The lowest BCUT2D eigenvalue weighted by molar-refractivity contribution is -0.160. The van der Waals surface area contributed by atoms with E-state index in [4.69, 9.17) is 28.4 Å². The molecule has 8 nitrogen and oxygen atoms in total. The molecule has 0 saturated carbocycles. The second-order valence-electron chi connectivity index (χ2n) is 12.4. The summed E-state index contributed by atoms with van der Waals surface area (Å²) in [6.07, 6.45) is 1.26. The van der Waals surface area contributed by atoms with Crippen molar-refractivity contribution in [1.29, 1.82) is 0 Å². The molecule has 0 saturated heterocycles. The number of allylic oxidation sites excluding steroid dienone is 2. The van der Waals surface area contributed by atoms with Gasteiger partial charge in [0, 0.05) is 12.8 Å². The minimum atomic E-state index is -0.517. The Kier molecular flexibility index (Phi) is 12.8. The smallest absolute Gasteiger partial charge is 0.332 e. The molecular formula is C35H48O8. The van der Waals surface area contributed by atoms with Crippen molar-refractivity contribution in [2.24, 2.45) is 5.41 Å². The number of benzene rings is 2. The summed E-state index contributed by atoms with van der Waals surface area (Å²) in [5.74, 6) is 1.30. The van der Waals surface area contributed by atoms with Crippen molar-refractivity contribution in [1.82, 2.24) is 0 Å². The second kappa shape index (κ2) is 16.0. The van der Waals surface area contributed by atoms with Gasteiger partial charge in [-0.05, 0) is 80.5 Å². The second-order valence-corrected chi connectivity index (χ2v) is 12.4. The van der Waals surface area contributed by atoms with E-state index in [1.807, 2.05) is 58.9 Å². The summed E-state index contributed by atoms with van der Waals surface area (Å²) in [6, 6.07) is 14.2. The molecule has 0 aliphatic heterocycles. The summed E-state index contributed by atoms with van der Waals surface area (Å²) in [7, 11) is 0. The molecule has 43 heavy (non-hydrogen) atoms. The van der Waals surface area contributed by atoms with Crippen LogP contribution in [-0.4, -0.2) is 70.2 Å². The van der Waals surface area contributed by atoms with Gasteiger partial charge in [-0.3, -0.25) is 4.79 Å². The molecule has 0 atom stereocenters. The van der Waals surface area contributed by atoms with Gasteiger partial charge in [-0.15, -0.1) is 0 Å². The normalized spacial score (nSPS) is 15.0. The van der Waals surface area contributed by atoms with Crippen LogP contribution in [0.3, 0.4) is 0 Å². The minimum Gasteiger partial charge on any atom is -0.497 e. The molecule has 8 heteroatoms. The Hall–Kier alpha value is -3.20. The molecule has 0 fully saturated rings. The van der Waals surface area contributed by atoms with Crippen molar-refractivity contribution in [3.05, 3.63) is 59.4 Å². The van der Waals surface area contributed by atoms with Gasteiger partial charge >= 0.3 is 5.97 Å². The fourth-order valence-corrected chi connectivity index (χ4v) is 4.86. The standard InChI is InChI=1S/C35H48O8/c1-8-41-31-23-35(6,7)22-30(36)33(31)29-21-27(10-9-25(29)2)26-11-13-28(14-12-26)42-20-19-39-16-15-38-17-18-40-24-32(37)43-34(3,4)5/h9-14,21H,8,15-20,22-24H2,1-7H3. The van der Waals surface area contributed by atoms with Crippen molar-refractivity contribution >= 4 is 17.3 Å². The molecule has 1 aliphatic rings. The number of rotatable bonds is 16. The summed E-state index contributed by atoms with van der Waals surface area (Å²) in [5.41, 5.74) is 4.17. The third-order valence-corrected chi connectivity index (χ3v) is 6.73. The zero-order valence-corrected chi connectivity index (χ0v) is 26.9. The van der Waals surface area contributed by atoms with E-state index in [9.17, 15) is 9.59 Å². The number of ether oxygens (including phenoxy) is 6. The minimum absolute atomic E-state index is 0.0886. The van der Waals surface area contributed by atoms with E-state index in [-0.39, 0.29) is 23.8 Å². The average Bonchev–Trinajstić information content (AvgIpc) is 2.91. The number of carbonyl (C=O) groups is 2. The van der Waals surface area contributed by atoms with Gasteiger partial charge in [0.1, 0.15) is 30.3 Å². The van der Waals surface area contributed by atoms with Crippen molar-refractivity contribution in [3.8, 4) is 16.9 Å². The van der Waals surface area contributed by atoms with Crippen LogP contribution in [-0.2, 0) is 33.3 Å². The number of Topliss-reactive ketones (excluding diaryl/α,β-unsaturated/α-hetero) is 1. The Morgan fingerprint density at radius 2 is 1.42 bits per heavy atom. The fraction of sp³-hybridized carbons (Fsp3) is 0.543. The highest BCUT2D eigenvalue weighted by molar-refractivity contribution is 6.22. The van der Waals surface area contributed by atoms with Gasteiger partial charge in [-0.1, -0.05) is 38.1 Å². The van der Waals surface area contributed by atoms with E-state index < -0.39 is 5.60 Å². The largest absolute Gasteiger partial charge is 0.497 e. The van der Waals surface area contributed by atoms with Crippen LogP contribution >= 0.6 is 0 Å². The molecule has 0 bridgehead atoms. The lowest BCUT2D eigenvalue weighted by atomic mass is 9.74. The van der Waals surface area contributed by atoms with Crippen LogP contribution in [0.4, 0.5) is 0 Å². The molecule has 236 valence electrons. The van der Waals surface area contributed by atoms with E-state index in [0.29, 0.717) is 52.7 Å². The zero-order chi connectivity index (χ0) is 31.5. The van der Waals surface area contributed by atoms with E-state index in [1.165, 1.54) is 0 Å². The van der Waals surface area contributed by atoms with Crippen molar-refractivity contribution in [2.75, 3.05) is 52.9 Å². The first-order chi connectivity index (χ1) is 20.4. The first-order valence-electron chi connectivity index (χ1n) is 15.1. The summed E-state index contributed by atoms with van der Waals surface area (Å²) >= 11 is 0. The van der Waals surface area contributed by atoms with Crippen LogP contribution in [0.15, 0.2) is 48.2 Å². The lowest BCUT2D eigenvalue weighted by Gasteiger charge is -2.32. The first kappa shape index (κ1) is 34.3. The predicted molar refractivity (Wildman–Crippen MR) is 167 cm³/mol. The highest BCUT2D eigenvalue weighted by atomic mass is 16.6. The number of hydrogen-bond acceptors (Lipinski definition) is 8. The Labute approximate surface area is 256 Å². The van der Waals surface area contributed by atoms with Gasteiger partial charge in [0.05, 0.1) is 45.2 Å². The van der Waals surface area contributed by atoms with E-state index >= 15 is 0 Å². The van der Waals surface area contributed by atoms with Gasteiger partial charge in [-0.25, -0.2) is 4.79 Å². The molecule has 2 aromatic rings. The first-order valence-corrected chi connectivity index (χ1v) is 15.1. The van der Waals surface area contributed by atoms with Crippen molar-refractivity contribution < 1.29 is 38.0 Å².